The highest BCUT2D eigenvalue weighted by Crippen LogP contribution is 2.31. The average molecular weight is 326 g/mol. The summed E-state index contributed by atoms with van der Waals surface area (Å²) < 4.78 is 6.35. The van der Waals surface area contributed by atoms with Gasteiger partial charge >= 0.3 is 0 Å². The van der Waals surface area contributed by atoms with Crippen molar-refractivity contribution in [2.45, 2.75) is 19.5 Å². The first kappa shape index (κ1) is 14.0. The summed E-state index contributed by atoms with van der Waals surface area (Å²) in [4.78, 5) is 1.21. The van der Waals surface area contributed by atoms with Crippen LogP contribution in [0.25, 0.3) is 11.0 Å². The summed E-state index contributed by atoms with van der Waals surface area (Å²) in [6.45, 7) is 2.77. The van der Waals surface area contributed by atoms with Crippen molar-refractivity contribution < 1.29 is 4.42 Å². The molecule has 1 N–H and O–H groups in total. The van der Waals surface area contributed by atoms with Crippen LogP contribution in [0.3, 0.4) is 0 Å². The van der Waals surface area contributed by atoms with Crippen LogP contribution in [0.5, 0.6) is 0 Å². The number of hydrogen-bond donors (Lipinski definition) is 1. The van der Waals surface area contributed by atoms with Crippen LogP contribution >= 0.6 is 34.5 Å². The van der Waals surface area contributed by atoms with E-state index >= 15 is 0 Å². The number of furan rings is 1. The second-order valence-electron chi connectivity index (χ2n) is 4.59. The van der Waals surface area contributed by atoms with Crippen LogP contribution in [-0.4, -0.2) is 0 Å². The maximum atomic E-state index is 6.18. The van der Waals surface area contributed by atoms with Gasteiger partial charge in [-0.2, -0.15) is 0 Å². The Morgan fingerprint density at radius 3 is 2.75 bits per heavy atom. The smallest absolute Gasteiger partial charge is 0.199 e. The highest BCUT2D eigenvalue weighted by atomic mass is 35.5. The molecule has 2 heterocycles. The molecule has 5 heteroatoms. The molecule has 20 heavy (non-hydrogen) atoms. The highest BCUT2D eigenvalue weighted by Gasteiger charge is 2.14. The van der Waals surface area contributed by atoms with Crippen molar-refractivity contribution in [1.29, 1.82) is 0 Å². The zero-order valence-corrected chi connectivity index (χ0v) is 13.1. The molecule has 2 nitrogen and oxygen atoms in total. The van der Waals surface area contributed by atoms with Gasteiger partial charge in [0.15, 0.2) is 5.22 Å². The molecule has 3 rings (SSSR count). The first-order chi connectivity index (χ1) is 9.65. The Morgan fingerprint density at radius 2 is 2.00 bits per heavy atom. The lowest BCUT2D eigenvalue weighted by molar-refractivity contribution is 0.569. The normalized spacial score (nSPS) is 12.9. The predicted molar refractivity (Wildman–Crippen MR) is 85.8 cm³/mol. The minimum Gasteiger partial charge on any atom is -0.444 e. The number of rotatable bonds is 4. The number of benzene rings is 1. The number of halogens is 2. The number of fused-ring (bicyclic) bond motifs is 1. The first-order valence-electron chi connectivity index (χ1n) is 6.29. The molecule has 0 spiro atoms. The van der Waals surface area contributed by atoms with Gasteiger partial charge in [0.1, 0.15) is 5.58 Å². The summed E-state index contributed by atoms with van der Waals surface area (Å²) in [5.41, 5.74) is 1.82. The first-order valence-corrected chi connectivity index (χ1v) is 7.87. The van der Waals surface area contributed by atoms with Crippen LogP contribution in [0.1, 0.15) is 23.4 Å². The van der Waals surface area contributed by atoms with Crippen LogP contribution < -0.4 is 5.32 Å². The molecule has 2 aromatic heterocycles. The zero-order chi connectivity index (χ0) is 14.1. The van der Waals surface area contributed by atoms with E-state index in [2.05, 4.69) is 12.2 Å². The van der Waals surface area contributed by atoms with Gasteiger partial charge in [0.05, 0.1) is 4.34 Å². The molecular formula is C15H13Cl2NOS. The molecule has 3 aromatic rings. The third kappa shape index (κ3) is 2.72. The molecule has 0 aliphatic rings. The van der Waals surface area contributed by atoms with Crippen molar-refractivity contribution >= 4 is 45.5 Å². The predicted octanol–water partition coefficient (Wildman–Crippen LogP) is 5.65. The second-order valence-corrected chi connectivity index (χ2v) is 6.68. The van der Waals surface area contributed by atoms with Crippen molar-refractivity contribution in [3.8, 4) is 0 Å². The van der Waals surface area contributed by atoms with Crippen LogP contribution in [0.15, 0.2) is 40.8 Å². The monoisotopic (exact) mass is 325 g/mol. The Morgan fingerprint density at radius 1 is 1.20 bits per heavy atom. The lowest BCUT2D eigenvalue weighted by Crippen LogP contribution is -2.17. The average Bonchev–Trinajstić information content (AvgIpc) is 2.99. The van der Waals surface area contributed by atoms with Gasteiger partial charge in [0.25, 0.3) is 0 Å². The van der Waals surface area contributed by atoms with Crippen molar-refractivity contribution in [1.82, 2.24) is 5.32 Å². The van der Waals surface area contributed by atoms with Gasteiger partial charge in [-0.1, -0.05) is 29.8 Å². The molecule has 104 valence electrons. The van der Waals surface area contributed by atoms with E-state index in [1.54, 1.807) is 11.3 Å². The number of hydrogen-bond acceptors (Lipinski definition) is 3. The summed E-state index contributed by atoms with van der Waals surface area (Å²) in [6.07, 6.45) is 0. The third-order valence-corrected chi connectivity index (χ3v) is 4.97. The summed E-state index contributed by atoms with van der Waals surface area (Å²) in [7, 11) is 0. The van der Waals surface area contributed by atoms with Gasteiger partial charge in [-0.25, -0.2) is 0 Å². The lowest BCUT2D eigenvalue weighted by Gasteiger charge is -2.11. The number of thiophene rings is 1. The molecule has 0 aliphatic carbocycles. The van der Waals surface area contributed by atoms with E-state index < -0.39 is 0 Å². The SMILES string of the molecule is CC(NCc1c(Cl)oc2ccccc12)c1ccc(Cl)s1. The van der Waals surface area contributed by atoms with E-state index in [1.165, 1.54) is 4.88 Å². The van der Waals surface area contributed by atoms with Crippen molar-refractivity contribution in [2.24, 2.45) is 0 Å². The Labute approximate surface area is 131 Å². The topological polar surface area (TPSA) is 25.2 Å². The fourth-order valence-electron chi connectivity index (χ4n) is 2.15. The van der Waals surface area contributed by atoms with Gasteiger partial charge in [0, 0.05) is 28.4 Å². The van der Waals surface area contributed by atoms with E-state index in [4.69, 9.17) is 27.6 Å². The largest absolute Gasteiger partial charge is 0.444 e. The van der Waals surface area contributed by atoms with Crippen molar-refractivity contribution in [3.63, 3.8) is 0 Å². The lowest BCUT2D eigenvalue weighted by atomic mass is 10.1. The Balaban J connectivity index is 1.78. The van der Waals surface area contributed by atoms with Gasteiger partial charge in [-0.3, -0.25) is 0 Å². The summed E-state index contributed by atoms with van der Waals surface area (Å²) in [5, 5.41) is 4.97. The Hall–Kier alpha value is -1.000. The van der Waals surface area contributed by atoms with Gasteiger partial charge in [-0.05, 0) is 36.7 Å². The molecule has 0 saturated carbocycles. The minimum atomic E-state index is 0.220. The molecule has 0 fully saturated rings. The second kappa shape index (κ2) is 5.78. The standard InChI is InChI=1S/C15H13Cl2NOS/c1-9(13-6-7-14(16)20-13)18-8-11-10-4-2-3-5-12(10)19-15(11)17/h2-7,9,18H,8H2,1H3. The molecule has 1 aromatic carbocycles. The molecular weight excluding hydrogens is 313 g/mol. The van der Waals surface area contributed by atoms with Crippen LogP contribution in [-0.2, 0) is 6.54 Å². The maximum absolute atomic E-state index is 6.18. The van der Waals surface area contributed by atoms with E-state index in [0.717, 1.165) is 20.9 Å². The fraction of sp³-hybridized carbons (Fsp3) is 0.200. The Bertz CT molecular complexity index is 734. The van der Waals surface area contributed by atoms with E-state index in [-0.39, 0.29) is 6.04 Å². The van der Waals surface area contributed by atoms with Crippen LogP contribution in [0.2, 0.25) is 9.56 Å². The molecule has 0 saturated heterocycles. The molecule has 1 atom stereocenters. The van der Waals surface area contributed by atoms with Crippen molar-refractivity contribution in [2.75, 3.05) is 0 Å². The van der Waals surface area contributed by atoms with E-state index in [9.17, 15) is 0 Å². The highest BCUT2D eigenvalue weighted by molar-refractivity contribution is 7.16. The van der Waals surface area contributed by atoms with Crippen molar-refractivity contribution in [3.05, 3.63) is 56.4 Å². The van der Waals surface area contributed by atoms with E-state index in [1.807, 2.05) is 36.4 Å². The van der Waals surface area contributed by atoms with Crippen LogP contribution in [0, 0.1) is 0 Å². The summed E-state index contributed by atoms with van der Waals surface area (Å²) in [5.74, 6) is 0. The van der Waals surface area contributed by atoms with E-state index in [0.29, 0.717) is 11.8 Å². The molecule has 1 unspecified atom stereocenters. The van der Waals surface area contributed by atoms with Gasteiger partial charge in [-0.15, -0.1) is 11.3 Å². The molecule has 0 radical (unpaired) electrons. The maximum Gasteiger partial charge on any atom is 0.199 e. The summed E-state index contributed by atoms with van der Waals surface area (Å²) >= 11 is 13.7. The molecule has 0 bridgehead atoms. The molecule has 0 aliphatic heterocycles. The van der Waals surface area contributed by atoms with Gasteiger partial charge < -0.3 is 9.73 Å². The number of nitrogens with one attached hydrogen (secondary N) is 1. The van der Waals surface area contributed by atoms with Crippen LogP contribution in [0.4, 0.5) is 0 Å². The molecule has 0 amide bonds. The van der Waals surface area contributed by atoms with Gasteiger partial charge in [0.2, 0.25) is 0 Å². The zero-order valence-electron chi connectivity index (χ0n) is 10.8. The minimum absolute atomic E-state index is 0.220. The third-order valence-electron chi connectivity index (χ3n) is 3.25. The Kier molecular flexibility index (Phi) is 4.03. The number of para-hydroxylation sites is 1. The fourth-order valence-corrected chi connectivity index (χ4v) is 3.49. The summed E-state index contributed by atoms with van der Waals surface area (Å²) in [6, 6.07) is 12.1. The quantitative estimate of drug-likeness (QED) is 0.670.